The highest BCUT2D eigenvalue weighted by Crippen LogP contribution is 2.38. The maximum atomic E-state index is 14.0. The molecule has 1 atom stereocenters. The first-order valence-electron chi connectivity index (χ1n) is 26.2. The van der Waals surface area contributed by atoms with Crippen LogP contribution in [0.2, 0.25) is 0 Å². The van der Waals surface area contributed by atoms with E-state index in [0.717, 1.165) is 33.4 Å². The van der Waals surface area contributed by atoms with E-state index in [0.29, 0.717) is 58.2 Å². The third-order valence-corrected chi connectivity index (χ3v) is 15.1. The Bertz CT molecular complexity index is 2680. The van der Waals surface area contributed by atoms with Crippen LogP contribution in [0.4, 0.5) is 18.9 Å². The summed E-state index contributed by atoms with van der Waals surface area (Å²) in [4.78, 5) is 99.4. The minimum Gasteiger partial charge on any atom is -0.480 e. The van der Waals surface area contributed by atoms with Gasteiger partial charge in [-0.3, -0.25) is 58.1 Å². The van der Waals surface area contributed by atoms with Crippen molar-refractivity contribution < 1.29 is 62.1 Å². The van der Waals surface area contributed by atoms with Gasteiger partial charge in [-0.2, -0.15) is 18.4 Å². The summed E-state index contributed by atoms with van der Waals surface area (Å²) >= 11 is 5.63. The van der Waals surface area contributed by atoms with Gasteiger partial charge in [0.2, 0.25) is 17.7 Å². The van der Waals surface area contributed by atoms with Gasteiger partial charge in [0.1, 0.15) is 11.6 Å². The molecule has 4 amide bonds. The third kappa shape index (κ3) is 17.1. The highest BCUT2D eigenvalue weighted by Gasteiger charge is 2.49. The van der Waals surface area contributed by atoms with Crippen molar-refractivity contribution in [2.45, 2.75) is 76.6 Å². The number of amides is 4. The van der Waals surface area contributed by atoms with Gasteiger partial charge in [-0.1, -0.05) is 42.5 Å². The standard InChI is InChI=1S/C54H69F3N10O10S/c1-53(2)51(77)67(42-16-15-41(30-58)43(29-42)54(55,56)57)52(78)66(53)18-6-5-17-59-50(76)44(28-37-11-12-38-7-3-4-8-40(38)27-37)61-49(75)39-13-9-36(10-14-39)31-60-45(68)32-62-19-21-63(33-46(69)70)23-25-65(35-48(73)74)26-24-64(22-20-62)34-47(71)72/h3-4,7-8,11-12,15-16,27,29,36,39,44H,5-6,9-10,13-14,17-26,28,31-35H2,1-2H3,(H,59,76)(H,60,68)(H,61,75)(H,69,70)(H,71,72)(H,73,74)/t36?,39?,44-/m0/s1. The number of halogens is 3. The molecule has 24 heteroatoms. The lowest BCUT2D eigenvalue weighted by Gasteiger charge is -2.33. The van der Waals surface area contributed by atoms with Crippen LogP contribution in [0.3, 0.4) is 0 Å². The highest BCUT2D eigenvalue weighted by atomic mass is 32.1. The van der Waals surface area contributed by atoms with E-state index in [1.807, 2.05) is 47.4 Å². The molecule has 3 fully saturated rings. The molecule has 0 spiro atoms. The predicted molar refractivity (Wildman–Crippen MR) is 286 cm³/mol. The van der Waals surface area contributed by atoms with Gasteiger partial charge in [-0.25, -0.2) is 0 Å². The highest BCUT2D eigenvalue weighted by molar-refractivity contribution is 7.80. The zero-order chi connectivity index (χ0) is 56.7. The number of hydrogen-bond acceptors (Lipinski definition) is 13. The summed E-state index contributed by atoms with van der Waals surface area (Å²) < 4.78 is 41.5. The van der Waals surface area contributed by atoms with E-state index in [9.17, 15) is 67.3 Å². The van der Waals surface area contributed by atoms with Crippen molar-refractivity contribution in [2.24, 2.45) is 11.8 Å². The topological polar surface area (TPSA) is 260 Å². The Morgan fingerprint density at radius 1 is 0.744 bits per heavy atom. The number of nitrogens with one attached hydrogen (secondary N) is 3. The molecule has 2 heterocycles. The number of carbonyl (C=O) groups excluding carboxylic acids is 4. The smallest absolute Gasteiger partial charge is 0.417 e. The molecule has 6 rings (SSSR count). The molecule has 20 nitrogen and oxygen atoms in total. The number of carboxylic acids is 3. The van der Waals surface area contributed by atoms with E-state index in [-0.39, 0.29) is 119 Å². The number of carbonyl (C=O) groups is 7. The van der Waals surface area contributed by atoms with Crippen molar-refractivity contribution in [1.29, 1.82) is 5.26 Å². The van der Waals surface area contributed by atoms with Crippen LogP contribution in [-0.2, 0) is 46.2 Å². The lowest BCUT2D eigenvalue weighted by atomic mass is 9.81. The Labute approximate surface area is 456 Å². The second kappa shape index (κ2) is 27.7. The lowest BCUT2D eigenvalue weighted by Crippen LogP contribution is -2.50. The van der Waals surface area contributed by atoms with Crippen molar-refractivity contribution >= 4 is 75.3 Å². The van der Waals surface area contributed by atoms with Crippen LogP contribution < -0.4 is 20.9 Å². The van der Waals surface area contributed by atoms with Crippen molar-refractivity contribution in [3.8, 4) is 6.07 Å². The Hall–Kier alpha value is -6.78. The number of unbranched alkanes of at least 4 members (excludes halogenated alkanes) is 1. The maximum absolute atomic E-state index is 14.0. The SMILES string of the molecule is CC1(C)C(=O)N(c2ccc(C#N)c(C(F)(F)F)c2)C(=S)N1CCCCNC(=O)[C@H](Cc1ccc2ccccc2c1)NC(=O)C1CCC(CNC(=O)CN2CCN(CC(=O)O)CCN(CC(=O)O)CCN(CC(=O)O)CC2)CC1. The van der Waals surface area contributed by atoms with Gasteiger partial charge in [0.25, 0.3) is 5.91 Å². The largest absolute Gasteiger partial charge is 0.480 e. The average molecular weight is 1110 g/mol. The van der Waals surface area contributed by atoms with Gasteiger partial charge >= 0.3 is 24.1 Å². The molecular weight excluding hydrogens is 1040 g/mol. The first kappa shape index (κ1) is 60.4. The molecular formula is C54H69F3N10O10S. The van der Waals surface area contributed by atoms with E-state index in [1.54, 1.807) is 39.5 Å². The van der Waals surface area contributed by atoms with Gasteiger partial charge in [-0.05, 0) is 105 Å². The Kier molecular flexibility index (Phi) is 21.5. The van der Waals surface area contributed by atoms with E-state index < -0.39 is 58.6 Å². The average Bonchev–Trinajstić information content (AvgIpc) is 3.55. The lowest BCUT2D eigenvalue weighted by molar-refractivity contribution is -0.140. The number of nitriles is 1. The molecule has 0 radical (unpaired) electrons. The maximum Gasteiger partial charge on any atom is 0.417 e. The minimum atomic E-state index is -4.83. The summed E-state index contributed by atoms with van der Waals surface area (Å²) in [6, 6.07) is 17.3. The summed E-state index contributed by atoms with van der Waals surface area (Å²) in [5.41, 5.74) is -2.23. The van der Waals surface area contributed by atoms with Crippen molar-refractivity contribution in [3.05, 3.63) is 77.4 Å². The monoisotopic (exact) mass is 1110 g/mol. The van der Waals surface area contributed by atoms with Crippen LogP contribution >= 0.6 is 12.2 Å². The fraction of sp³-hybridized carbons (Fsp3) is 0.537. The molecule has 422 valence electrons. The fourth-order valence-electron chi connectivity index (χ4n) is 10.2. The number of aliphatic carboxylic acids is 3. The van der Waals surface area contributed by atoms with E-state index in [4.69, 9.17) is 12.2 Å². The van der Waals surface area contributed by atoms with Gasteiger partial charge in [0, 0.05) is 84.3 Å². The van der Waals surface area contributed by atoms with E-state index in [1.165, 1.54) is 6.07 Å². The number of fused-ring (bicyclic) bond motifs is 1. The number of hydrogen-bond donors (Lipinski definition) is 6. The van der Waals surface area contributed by atoms with Gasteiger partial charge < -0.3 is 36.2 Å². The van der Waals surface area contributed by atoms with Crippen molar-refractivity contribution in [2.75, 3.05) is 103 Å². The van der Waals surface area contributed by atoms with E-state index >= 15 is 0 Å². The van der Waals surface area contributed by atoms with Crippen molar-refractivity contribution in [1.82, 2.24) is 40.4 Å². The predicted octanol–water partition coefficient (Wildman–Crippen LogP) is 3.46. The fourth-order valence-corrected chi connectivity index (χ4v) is 10.7. The summed E-state index contributed by atoms with van der Waals surface area (Å²) in [5.74, 6) is -4.90. The van der Waals surface area contributed by atoms with Crippen LogP contribution in [0.1, 0.15) is 69.1 Å². The second-order valence-electron chi connectivity index (χ2n) is 20.7. The zero-order valence-corrected chi connectivity index (χ0v) is 44.8. The zero-order valence-electron chi connectivity index (χ0n) is 43.9. The minimum absolute atomic E-state index is 0.0122. The first-order chi connectivity index (χ1) is 37.0. The number of nitrogens with zero attached hydrogens (tertiary/aromatic N) is 7. The Balaban J connectivity index is 1.01. The normalized spacial score (nSPS) is 19.8. The molecule has 2 saturated heterocycles. The molecule has 1 aliphatic carbocycles. The molecule has 0 aromatic heterocycles. The van der Waals surface area contributed by atoms with Gasteiger partial charge in [0.05, 0.1) is 49.1 Å². The summed E-state index contributed by atoms with van der Waals surface area (Å²) in [5, 5.41) is 48.8. The van der Waals surface area contributed by atoms with Crippen LogP contribution in [-0.4, -0.2) is 196 Å². The summed E-state index contributed by atoms with van der Waals surface area (Å²) in [6.07, 6.45) is -1.43. The quantitative estimate of drug-likeness (QED) is 0.0659. The molecule has 1 saturated carbocycles. The van der Waals surface area contributed by atoms with E-state index in [2.05, 4.69) is 16.0 Å². The Morgan fingerprint density at radius 3 is 1.83 bits per heavy atom. The number of rotatable bonds is 21. The molecule has 78 heavy (non-hydrogen) atoms. The molecule has 3 aromatic carbocycles. The second-order valence-corrected chi connectivity index (χ2v) is 21.1. The number of alkyl halides is 3. The van der Waals surface area contributed by atoms with Crippen LogP contribution in [0.15, 0.2) is 60.7 Å². The molecule has 0 unspecified atom stereocenters. The van der Waals surface area contributed by atoms with Crippen molar-refractivity contribution in [3.63, 3.8) is 0 Å². The molecule has 2 aliphatic heterocycles. The Morgan fingerprint density at radius 2 is 1.29 bits per heavy atom. The van der Waals surface area contributed by atoms with Crippen LogP contribution in [0, 0.1) is 23.2 Å². The summed E-state index contributed by atoms with van der Waals surface area (Å²) in [6.45, 7) is 5.41. The number of carboxylic acid groups (broad SMARTS) is 3. The van der Waals surface area contributed by atoms with Gasteiger partial charge in [0.15, 0.2) is 5.11 Å². The van der Waals surface area contributed by atoms with Gasteiger partial charge in [-0.15, -0.1) is 0 Å². The van der Waals surface area contributed by atoms with Crippen LogP contribution in [0.5, 0.6) is 0 Å². The number of anilines is 1. The third-order valence-electron chi connectivity index (χ3n) is 14.7. The molecule has 6 N–H and O–H groups in total. The molecule has 0 bridgehead atoms. The number of benzene rings is 3. The number of thiocarbonyl (C=S) groups is 1. The van der Waals surface area contributed by atoms with Crippen LogP contribution in [0.25, 0.3) is 10.8 Å². The summed E-state index contributed by atoms with van der Waals surface area (Å²) in [7, 11) is 0. The molecule has 3 aliphatic rings. The first-order valence-corrected chi connectivity index (χ1v) is 26.6. The molecule has 3 aromatic rings.